The molecule has 0 amide bonds. The molecule has 2 rings (SSSR count). The van der Waals surface area contributed by atoms with Crippen molar-refractivity contribution in [1.29, 1.82) is 0 Å². The summed E-state index contributed by atoms with van der Waals surface area (Å²) in [6, 6.07) is 11.9. The second-order valence-electron chi connectivity index (χ2n) is 10.1. The number of sulfonamides is 1. The van der Waals surface area contributed by atoms with E-state index in [0.29, 0.717) is 23.0 Å². The van der Waals surface area contributed by atoms with Gasteiger partial charge < -0.3 is 10.6 Å². The van der Waals surface area contributed by atoms with E-state index in [4.69, 9.17) is 12.2 Å². The topological polar surface area (TPSA) is 87.3 Å². The highest BCUT2D eigenvalue weighted by molar-refractivity contribution is 8.13. The summed E-state index contributed by atoms with van der Waals surface area (Å²) in [4.78, 5) is 12.5. The predicted octanol–water partition coefficient (Wildman–Crippen LogP) is 5.69. The number of hydrogen-bond acceptors (Lipinski definition) is 5. The summed E-state index contributed by atoms with van der Waals surface area (Å²) < 4.78 is 61.6. The standard InChI is InChI=1S/C26H34F3N3O3S3/c1-17-6-7-20(12-18(17)2)13-21(16-37-23(33)25(3,4)5)15-31-24(36)30-14-19-8-10-22(11-9-19)32-38(34,35)26(27,28)29/h6-12,21,32H,13-16H2,1-5H3,(H2,30,31,36). The largest absolute Gasteiger partial charge is 0.516 e. The van der Waals surface area contributed by atoms with E-state index in [1.54, 1.807) is 0 Å². The molecule has 3 N–H and O–H groups in total. The first-order valence-electron chi connectivity index (χ1n) is 11.9. The van der Waals surface area contributed by atoms with Crippen molar-refractivity contribution in [2.24, 2.45) is 11.3 Å². The molecular weight excluding hydrogens is 555 g/mol. The van der Waals surface area contributed by atoms with Gasteiger partial charge in [0.05, 0.1) is 0 Å². The molecule has 2 aromatic rings. The fourth-order valence-electron chi connectivity index (χ4n) is 3.25. The van der Waals surface area contributed by atoms with E-state index in [1.807, 2.05) is 20.8 Å². The van der Waals surface area contributed by atoms with Crippen molar-refractivity contribution in [3.63, 3.8) is 0 Å². The van der Waals surface area contributed by atoms with E-state index in [0.717, 1.165) is 6.42 Å². The molecule has 1 unspecified atom stereocenters. The van der Waals surface area contributed by atoms with E-state index in [-0.39, 0.29) is 23.3 Å². The van der Waals surface area contributed by atoms with Crippen LogP contribution in [-0.2, 0) is 27.8 Å². The molecular formula is C26H34F3N3O3S3. The van der Waals surface area contributed by atoms with Crippen LogP contribution >= 0.6 is 24.0 Å². The van der Waals surface area contributed by atoms with Crippen molar-refractivity contribution in [3.05, 3.63) is 64.7 Å². The van der Waals surface area contributed by atoms with E-state index in [2.05, 4.69) is 42.7 Å². The molecule has 2 aromatic carbocycles. The Labute approximate surface area is 232 Å². The molecule has 0 aliphatic carbocycles. The minimum absolute atomic E-state index is 0.129. The highest BCUT2D eigenvalue weighted by Gasteiger charge is 2.46. The molecule has 0 bridgehead atoms. The van der Waals surface area contributed by atoms with Crippen molar-refractivity contribution < 1.29 is 26.4 Å². The number of thiocarbonyl (C=S) groups is 1. The Morgan fingerprint density at radius 1 is 0.974 bits per heavy atom. The van der Waals surface area contributed by atoms with Crippen molar-refractivity contribution in [3.8, 4) is 0 Å². The van der Waals surface area contributed by atoms with Gasteiger partial charge in [0.25, 0.3) is 0 Å². The van der Waals surface area contributed by atoms with Crippen LogP contribution in [0.3, 0.4) is 0 Å². The van der Waals surface area contributed by atoms with Crippen LogP contribution in [0.1, 0.15) is 43.0 Å². The van der Waals surface area contributed by atoms with Crippen LogP contribution in [0, 0.1) is 25.2 Å². The van der Waals surface area contributed by atoms with Gasteiger partial charge in [0.1, 0.15) is 0 Å². The van der Waals surface area contributed by atoms with Gasteiger partial charge in [0, 0.05) is 29.9 Å². The van der Waals surface area contributed by atoms with Gasteiger partial charge in [-0.2, -0.15) is 21.6 Å². The first-order chi connectivity index (χ1) is 17.5. The predicted molar refractivity (Wildman–Crippen MR) is 153 cm³/mol. The molecule has 0 spiro atoms. The number of rotatable bonds is 10. The molecule has 6 nitrogen and oxygen atoms in total. The molecule has 0 radical (unpaired) electrons. The van der Waals surface area contributed by atoms with Crippen LogP contribution < -0.4 is 15.4 Å². The van der Waals surface area contributed by atoms with Crippen molar-refractivity contribution in [2.45, 2.75) is 53.1 Å². The maximum atomic E-state index is 12.5. The summed E-state index contributed by atoms with van der Waals surface area (Å²) in [5, 5.41) is 6.77. The summed E-state index contributed by atoms with van der Waals surface area (Å²) in [6.45, 7) is 10.7. The van der Waals surface area contributed by atoms with Crippen LogP contribution in [0.5, 0.6) is 0 Å². The Morgan fingerprint density at radius 2 is 1.58 bits per heavy atom. The third kappa shape index (κ3) is 10.1. The number of thioether (sulfide) groups is 1. The second kappa shape index (κ2) is 13.2. The lowest BCUT2D eigenvalue weighted by Gasteiger charge is -2.21. The lowest BCUT2D eigenvalue weighted by Crippen LogP contribution is -2.38. The van der Waals surface area contributed by atoms with E-state index in [9.17, 15) is 26.4 Å². The van der Waals surface area contributed by atoms with Gasteiger partial charge in [-0.25, -0.2) is 0 Å². The highest BCUT2D eigenvalue weighted by Crippen LogP contribution is 2.26. The lowest BCUT2D eigenvalue weighted by molar-refractivity contribution is -0.117. The monoisotopic (exact) mass is 589 g/mol. The van der Waals surface area contributed by atoms with E-state index in [1.165, 1.54) is 57.4 Å². The van der Waals surface area contributed by atoms with Crippen LogP contribution in [0.2, 0.25) is 0 Å². The van der Waals surface area contributed by atoms with Gasteiger partial charge in [0.15, 0.2) is 10.2 Å². The van der Waals surface area contributed by atoms with Crippen LogP contribution in [0.4, 0.5) is 18.9 Å². The smallest absolute Gasteiger partial charge is 0.362 e. The van der Waals surface area contributed by atoms with E-state index >= 15 is 0 Å². The third-order valence-electron chi connectivity index (χ3n) is 5.67. The molecule has 1 atom stereocenters. The SMILES string of the molecule is Cc1ccc(CC(CNC(=S)NCc2ccc(NS(=O)(=O)C(F)(F)F)cc2)CSC(=O)C(C)(C)C)cc1C. The number of halogens is 3. The molecule has 0 aromatic heterocycles. The minimum atomic E-state index is -5.47. The lowest BCUT2D eigenvalue weighted by atomic mass is 9.97. The maximum absolute atomic E-state index is 12.5. The fraction of sp³-hybridized carbons (Fsp3) is 0.462. The first kappa shape index (κ1) is 31.9. The Kier molecular flexibility index (Phi) is 11.1. The van der Waals surface area contributed by atoms with Crippen molar-refractivity contribution >= 4 is 49.9 Å². The fourth-order valence-corrected chi connectivity index (χ4v) is 5.02. The molecule has 0 fully saturated rings. The average Bonchev–Trinajstić information content (AvgIpc) is 2.80. The van der Waals surface area contributed by atoms with Gasteiger partial charge in [-0.1, -0.05) is 62.9 Å². The maximum Gasteiger partial charge on any atom is 0.516 e. The number of hydrogen-bond donors (Lipinski definition) is 3. The molecule has 0 heterocycles. The van der Waals surface area contributed by atoms with Gasteiger partial charge in [-0.3, -0.25) is 9.52 Å². The Morgan fingerprint density at radius 3 is 2.13 bits per heavy atom. The van der Waals surface area contributed by atoms with E-state index < -0.39 is 20.9 Å². The number of nitrogens with one attached hydrogen (secondary N) is 3. The van der Waals surface area contributed by atoms with Gasteiger partial charge in [-0.05, 0) is 72.8 Å². The zero-order valence-electron chi connectivity index (χ0n) is 22.0. The number of benzene rings is 2. The highest BCUT2D eigenvalue weighted by atomic mass is 32.2. The summed E-state index contributed by atoms with van der Waals surface area (Å²) in [5.74, 6) is 0.766. The molecule has 0 aliphatic rings. The first-order valence-corrected chi connectivity index (χ1v) is 14.8. The molecule has 210 valence electrons. The van der Waals surface area contributed by atoms with Crippen LogP contribution in [-0.4, -0.2) is 36.5 Å². The average molecular weight is 590 g/mol. The van der Waals surface area contributed by atoms with Crippen LogP contribution in [0.25, 0.3) is 0 Å². The normalized spacial score (nSPS) is 13.1. The molecule has 12 heteroatoms. The number of carbonyl (C=O) groups is 1. The number of anilines is 1. The summed E-state index contributed by atoms with van der Waals surface area (Å²) in [6.07, 6.45) is 0.774. The second-order valence-corrected chi connectivity index (χ2v) is 13.2. The number of carbonyl (C=O) groups excluding carboxylic acids is 1. The zero-order chi connectivity index (χ0) is 28.7. The quantitative estimate of drug-likeness (QED) is 0.307. The number of aryl methyl sites for hydroxylation is 2. The summed E-state index contributed by atoms with van der Waals surface area (Å²) in [7, 11) is -5.47. The molecule has 38 heavy (non-hydrogen) atoms. The van der Waals surface area contributed by atoms with Crippen molar-refractivity contribution in [2.75, 3.05) is 17.0 Å². The summed E-state index contributed by atoms with van der Waals surface area (Å²) >= 11 is 6.72. The van der Waals surface area contributed by atoms with Gasteiger partial charge >= 0.3 is 15.5 Å². The van der Waals surface area contributed by atoms with Crippen LogP contribution in [0.15, 0.2) is 42.5 Å². The molecule has 0 saturated heterocycles. The zero-order valence-corrected chi connectivity index (χ0v) is 24.5. The van der Waals surface area contributed by atoms with Crippen molar-refractivity contribution in [1.82, 2.24) is 10.6 Å². The molecule has 0 aliphatic heterocycles. The van der Waals surface area contributed by atoms with Gasteiger partial charge in [0.2, 0.25) is 0 Å². The Balaban J connectivity index is 1.94. The Bertz CT molecular complexity index is 1230. The minimum Gasteiger partial charge on any atom is -0.362 e. The Hall–Kier alpha value is -2.31. The summed E-state index contributed by atoms with van der Waals surface area (Å²) in [5.41, 5.74) is -1.70. The third-order valence-corrected chi connectivity index (χ3v) is 8.59. The number of alkyl halides is 3. The van der Waals surface area contributed by atoms with Gasteiger partial charge in [-0.15, -0.1) is 0 Å². The molecule has 0 saturated carbocycles.